The minimum Gasteiger partial charge on any atom is -0.490 e. The number of rotatable bonds is 9. The van der Waals surface area contributed by atoms with Crippen molar-refractivity contribution in [1.82, 2.24) is 4.90 Å². The van der Waals surface area contributed by atoms with Crippen LogP contribution in [0.5, 0.6) is 11.5 Å². The molecule has 158 valence electrons. The fourth-order valence-electron chi connectivity index (χ4n) is 4.18. The molecule has 1 aromatic rings. The highest BCUT2D eigenvalue weighted by molar-refractivity contribution is 5.95. The second-order valence-corrected chi connectivity index (χ2v) is 7.94. The van der Waals surface area contributed by atoms with Gasteiger partial charge in [0.15, 0.2) is 11.5 Å². The lowest BCUT2D eigenvalue weighted by Crippen LogP contribution is -2.33. The number of amides is 1. The van der Waals surface area contributed by atoms with E-state index in [1.165, 1.54) is 0 Å². The molecule has 5 nitrogen and oxygen atoms in total. The molecule has 0 radical (unpaired) electrons. The Labute approximate surface area is 175 Å². The first-order chi connectivity index (χ1) is 13.1. The van der Waals surface area contributed by atoms with Crippen LogP contribution in [0.4, 0.5) is 0 Å². The van der Waals surface area contributed by atoms with E-state index in [0.29, 0.717) is 36.4 Å². The molecule has 0 spiro atoms. The lowest BCUT2D eigenvalue weighted by molar-refractivity contribution is 0.0779. The summed E-state index contributed by atoms with van der Waals surface area (Å²) in [5, 5.41) is 0. The van der Waals surface area contributed by atoms with Crippen molar-refractivity contribution in [1.29, 1.82) is 0 Å². The predicted octanol–water partition coefficient (Wildman–Crippen LogP) is 4.28. The summed E-state index contributed by atoms with van der Waals surface area (Å²) in [6.07, 6.45) is 6.39. The fraction of sp³-hybridized carbons (Fsp3) is 0.682. The first-order valence-corrected chi connectivity index (χ1v) is 10.6. The number of carbonyl (C=O) groups excluding carboxylic acids is 1. The van der Waals surface area contributed by atoms with Crippen LogP contribution < -0.4 is 15.2 Å². The lowest BCUT2D eigenvalue weighted by Gasteiger charge is -2.20. The first-order valence-electron chi connectivity index (χ1n) is 10.6. The Morgan fingerprint density at radius 2 is 1.75 bits per heavy atom. The van der Waals surface area contributed by atoms with Gasteiger partial charge in [-0.2, -0.15) is 0 Å². The Morgan fingerprint density at radius 1 is 1.07 bits per heavy atom. The fourth-order valence-corrected chi connectivity index (χ4v) is 4.18. The molecular weight excluding hydrogens is 376 g/mol. The maximum Gasteiger partial charge on any atom is 0.254 e. The summed E-state index contributed by atoms with van der Waals surface area (Å²) in [5.74, 6) is 2.53. The molecule has 1 aliphatic carbocycles. The van der Waals surface area contributed by atoms with Crippen molar-refractivity contribution >= 4 is 18.3 Å². The van der Waals surface area contributed by atoms with E-state index < -0.39 is 0 Å². The zero-order chi connectivity index (χ0) is 19.2. The number of hydrogen-bond donors (Lipinski definition) is 1. The molecule has 1 heterocycles. The van der Waals surface area contributed by atoms with Crippen LogP contribution >= 0.6 is 12.4 Å². The van der Waals surface area contributed by atoms with Crippen LogP contribution in [-0.2, 0) is 0 Å². The van der Waals surface area contributed by atoms with Gasteiger partial charge in [-0.05, 0) is 55.7 Å². The number of benzene rings is 1. The second-order valence-electron chi connectivity index (χ2n) is 7.94. The van der Waals surface area contributed by atoms with Crippen molar-refractivity contribution < 1.29 is 14.3 Å². The molecular formula is C22H35ClN2O3. The molecule has 2 fully saturated rings. The Bertz CT molecular complexity index is 640. The molecule has 1 saturated heterocycles. The Morgan fingerprint density at radius 3 is 2.39 bits per heavy atom. The van der Waals surface area contributed by atoms with Gasteiger partial charge in [0.05, 0.1) is 13.2 Å². The van der Waals surface area contributed by atoms with E-state index >= 15 is 0 Å². The van der Waals surface area contributed by atoms with E-state index in [1.54, 1.807) is 0 Å². The van der Waals surface area contributed by atoms with E-state index in [0.717, 1.165) is 57.4 Å². The van der Waals surface area contributed by atoms with Crippen molar-refractivity contribution in [2.45, 2.75) is 58.4 Å². The number of unbranched alkanes of at least 4 members (excludes halogenated alkanes) is 2. The minimum atomic E-state index is 0. The molecule has 3 atom stereocenters. The number of hydrogen-bond acceptors (Lipinski definition) is 4. The summed E-state index contributed by atoms with van der Waals surface area (Å²) in [5.41, 5.74) is 6.89. The van der Waals surface area contributed by atoms with Gasteiger partial charge in [-0.1, -0.05) is 26.7 Å². The molecule has 6 heteroatoms. The maximum atomic E-state index is 13.0. The summed E-state index contributed by atoms with van der Waals surface area (Å²) in [4.78, 5) is 15.0. The molecule has 0 aromatic heterocycles. The van der Waals surface area contributed by atoms with Gasteiger partial charge in [0.1, 0.15) is 0 Å². The highest BCUT2D eigenvalue weighted by Gasteiger charge is 2.42. The van der Waals surface area contributed by atoms with E-state index in [-0.39, 0.29) is 24.4 Å². The SMILES string of the molecule is CCCCOc1ccc(C(=O)N2CC3CCC(N)C3C2)cc1OCCCC.Cl. The number of nitrogens with two attached hydrogens (primary N) is 1. The van der Waals surface area contributed by atoms with Gasteiger partial charge in [0.25, 0.3) is 5.91 Å². The number of likely N-dealkylation sites (tertiary alicyclic amines) is 1. The van der Waals surface area contributed by atoms with Crippen molar-refractivity contribution in [3.63, 3.8) is 0 Å². The number of halogens is 1. The normalized spacial score (nSPS) is 23.2. The third-order valence-electron chi connectivity index (χ3n) is 5.90. The average Bonchev–Trinajstić information content (AvgIpc) is 3.25. The second kappa shape index (κ2) is 10.9. The van der Waals surface area contributed by atoms with Crippen LogP contribution in [0.15, 0.2) is 18.2 Å². The van der Waals surface area contributed by atoms with Gasteiger partial charge in [-0.15, -0.1) is 12.4 Å². The third-order valence-corrected chi connectivity index (χ3v) is 5.90. The summed E-state index contributed by atoms with van der Waals surface area (Å²) in [7, 11) is 0. The van der Waals surface area contributed by atoms with Gasteiger partial charge < -0.3 is 20.1 Å². The topological polar surface area (TPSA) is 64.8 Å². The van der Waals surface area contributed by atoms with Crippen molar-refractivity contribution in [2.24, 2.45) is 17.6 Å². The average molecular weight is 411 g/mol. The monoisotopic (exact) mass is 410 g/mol. The first kappa shape index (κ1) is 22.8. The predicted molar refractivity (Wildman–Crippen MR) is 115 cm³/mol. The standard InChI is InChI=1S/C22H34N2O3.ClH/c1-3-5-11-26-20-10-8-16(13-21(20)27-12-6-4-2)22(25)24-14-17-7-9-19(23)18(17)15-24;/h8,10,13,17-19H,3-7,9,11-12,14-15,23H2,1-2H3;1H. The molecule has 1 aromatic carbocycles. The molecule has 2 aliphatic rings. The maximum absolute atomic E-state index is 13.0. The molecule has 0 bridgehead atoms. The third kappa shape index (κ3) is 5.32. The van der Waals surface area contributed by atoms with Gasteiger partial charge >= 0.3 is 0 Å². The molecule has 1 aliphatic heterocycles. The minimum absolute atomic E-state index is 0. The smallest absolute Gasteiger partial charge is 0.254 e. The van der Waals surface area contributed by atoms with Crippen LogP contribution in [0.3, 0.4) is 0 Å². The van der Waals surface area contributed by atoms with E-state index in [9.17, 15) is 4.79 Å². The van der Waals surface area contributed by atoms with Crippen LogP contribution in [0.2, 0.25) is 0 Å². The summed E-state index contributed by atoms with van der Waals surface area (Å²) in [6.45, 7) is 7.20. The molecule has 3 rings (SSSR count). The molecule has 1 amide bonds. The van der Waals surface area contributed by atoms with Crippen molar-refractivity contribution in [2.75, 3.05) is 26.3 Å². The number of ether oxygens (including phenoxy) is 2. The van der Waals surface area contributed by atoms with Crippen LogP contribution in [-0.4, -0.2) is 43.2 Å². The largest absolute Gasteiger partial charge is 0.490 e. The quantitative estimate of drug-likeness (QED) is 0.617. The van der Waals surface area contributed by atoms with Crippen LogP contribution in [0.25, 0.3) is 0 Å². The highest BCUT2D eigenvalue weighted by atomic mass is 35.5. The molecule has 3 unspecified atom stereocenters. The zero-order valence-electron chi connectivity index (χ0n) is 17.2. The molecule has 28 heavy (non-hydrogen) atoms. The highest BCUT2D eigenvalue weighted by Crippen LogP contribution is 2.38. The van der Waals surface area contributed by atoms with Crippen molar-refractivity contribution in [3.05, 3.63) is 23.8 Å². The lowest BCUT2D eigenvalue weighted by atomic mass is 9.98. The van der Waals surface area contributed by atoms with E-state index in [2.05, 4.69) is 13.8 Å². The van der Waals surface area contributed by atoms with Crippen LogP contribution in [0.1, 0.15) is 62.7 Å². The number of fused-ring (bicyclic) bond motifs is 1. The number of nitrogens with zero attached hydrogens (tertiary/aromatic N) is 1. The Kier molecular flexibility index (Phi) is 8.90. The zero-order valence-corrected chi connectivity index (χ0v) is 18.0. The Hall–Kier alpha value is -1.46. The van der Waals surface area contributed by atoms with E-state index in [1.807, 2.05) is 23.1 Å². The van der Waals surface area contributed by atoms with Crippen LogP contribution in [0, 0.1) is 11.8 Å². The van der Waals surface area contributed by atoms with Crippen molar-refractivity contribution in [3.8, 4) is 11.5 Å². The van der Waals surface area contributed by atoms with Gasteiger partial charge in [0.2, 0.25) is 0 Å². The summed E-state index contributed by atoms with van der Waals surface area (Å²) >= 11 is 0. The summed E-state index contributed by atoms with van der Waals surface area (Å²) < 4.78 is 11.8. The van der Waals surface area contributed by atoms with Gasteiger partial charge in [-0.3, -0.25) is 4.79 Å². The molecule has 2 N–H and O–H groups in total. The number of carbonyl (C=O) groups is 1. The van der Waals surface area contributed by atoms with Gasteiger partial charge in [-0.25, -0.2) is 0 Å². The van der Waals surface area contributed by atoms with E-state index in [4.69, 9.17) is 15.2 Å². The summed E-state index contributed by atoms with van der Waals surface area (Å²) in [6, 6.07) is 5.85. The van der Waals surface area contributed by atoms with Gasteiger partial charge in [0, 0.05) is 24.7 Å². The Balaban J connectivity index is 0.00000280. The molecule has 1 saturated carbocycles.